The van der Waals surface area contributed by atoms with Gasteiger partial charge < -0.3 is 14.6 Å². The zero-order chi connectivity index (χ0) is 29.1. The van der Waals surface area contributed by atoms with E-state index >= 15 is 0 Å². The van der Waals surface area contributed by atoms with E-state index in [1.165, 1.54) is 37.7 Å². The van der Waals surface area contributed by atoms with Crippen LogP contribution in [0.25, 0.3) is 10.9 Å². The number of para-hydroxylation sites is 1. The van der Waals surface area contributed by atoms with Gasteiger partial charge in [-0.3, -0.25) is 9.69 Å². The molecule has 0 radical (unpaired) electrons. The molecule has 1 amide bonds. The topological polar surface area (TPSA) is 46.5 Å². The second-order valence-corrected chi connectivity index (χ2v) is 12.8. The van der Waals surface area contributed by atoms with Crippen molar-refractivity contribution in [2.45, 2.75) is 70.1 Å². The van der Waals surface area contributed by atoms with Crippen LogP contribution in [0.3, 0.4) is 0 Å². The Balaban J connectivity index is 1.08. The summed E-state index contributed by atoms with van der Waals surface area (Å²) >= 11 is 12.2. The number of hydrogen-bond donors (Lipinski definition) is 1. The number of rotatable bonds is 11. The number of ether oxygens (including phenoxy) is 1. The van der Waals surface area contributed by atoms with Gasteiger partial charge in [-0.2, -0.15) is 0 Å². The lowest BCUT2D eigenvalue weighted by atomic mass is 9.86. The molecule has 1 aromatic heterocycles. The minimum atomic E-state index is -0.0919. The fourth-order valence-electron chi connectivity index (χ4n) is 7.21. The van der Waals surface area contributed by atoms with E-state index in [0.717, 1.165) is 59.1 Å². The zero-order valence-electron chi connectivity index (χ0n) is 24.2. The van der Waals surface area contributed by atoms with Crippen LogP contribution in [0.1, 0.15) is 60.0 Å². The minimum Gasteiger partial charge on any atom is -0.495 e. The molecule has 0 aliphatic carbocycles. The number of nitrogens with zero attached hydrogens (tertiary/aromatic N) is 2. The van der Waals surface area contributed by atoms with Gasteiger partial charge in [0, 0.05) is 53.3 Å². The summed E-state index contributed by atoms with van der Waals surface area (Å²) in [5.41, 5.74) is 4.02. The van der Waals surface area contributed by atoms with E-state index < -0.39 is 0 Å². The molecule has 2 aliphatic rings. The maximum absolute atomic E-state index is 13.3. The molecule has 3 heterocycles. The molecular weight excluding hydrogens is 565 g/mol. The third kappa shape index (κ3) is 6.49. The molecule has 1 N–H and O–H groups in total. The molecule has 2 fully saturated rings. The highest BCUT2D eigenvalue weighted by molar-refractivity contribution is 6.30. The molecular formula is C35H39Cl2N3O2. The van der Waals surface area contributed by atoms with Gasteiger partial charge in [-0.25, -0.2) is 0 Å². The number of piperidine rings is 1. The van der Waals surface area contributed by atoms with E-state index in [1.807, 2.05) is 60.8 Å². The molecule has 3 aromatic carbocycles. The Morgan fingerprint density at radius 3 is 2.43 bits per heavy atom. The predicted octanol–water partition coefficient (Wildman–Crippen LogP) is 8.15. The van der Waals surface area contributed by atoms with Crippen LogP contribution in [0.4, 0.5) is 0 Å². The third-order valence-corrected chi connectivity index (χ3v) is 9.71. The second-order valence-electron chi connectivity index (χ2n) is 11.9. The summed E-state index contributed by atoms with van der Waals surface area (Å²) in [4.78, 5) is 16.1. The van der Waals surface area contributed by atoms with Crippen molar-refractivity contribution in [3.05, 3.63) is 99.7 Å². The number of hydrogen-bond acceptors (Lipinski definition) is 3. The molecule has 5 nitrogen and oxygen atoms in total. The van der Waals surface area contributed by atoms with Crippen LogP contribution in [0.15, 0.2) is 72.9 Å². The summed E-state index contributed by atoms with van der Waals surface area (Å²) in [7, 11) is 1.69. The average Bonchev–Trinajstić information content (AvgIpc) is 3.48. The second kappa shape index (κ2) is 13.1. The highest BCUT2D eigenvalue weighted by atomic mass is 35.5. The first-order chi connectivity index (χ1) is 20.5. The van der Waals surface area contributed by atoms with E-state index in [9.17, 15) is 4.79 Å². The number of carbonyl (C=O) groups excluding carboxylic acids is 1. The maximum atomic E-state index is 13.3. The van der Waals surface area contributed by atoms with Crippen molar-refractivity contribution in [2.24, 2.45) is 5.92 Å². The number of methoxy groups -OCH3 is 1. The van der Waals surface area contributed by atoms with Crippen molar-refractivity contribution in [3.8, 4) is 5.75 Å². The average molecular weight is 605 g/mol. The van der Waals surface area contributed by atoms with Gasteiger partial charge in [0.1, 0.15) is 5.75 Å². The first-order valence-electron chi connectivity index (χ1n) is 15.2. The van der Waals surface area contributed by atoms with Gasteiger partial charge in [-0.1, -0.05) is 59.6 Å². The van der Waals surface area contributed by atoms with Crippen LogP contribution < -0.4 is 10.1 Å². The van der Waals surface area contributed by atoms with Gasteiger partial charge in [0.15, 0.2) is 0 Å². The Labute approximate surface area is 258 Å². The van der Waals surface area contributed by atoms with Crippen molar-refractivity contribution >= 4 is 40.0 Å². The Kier molecular flexibility index (Phi) is 9.09. The monoisotopic (exact) mass is 603 g/mol. The van der Waals surface area contributed by atoms with E-state index in [-0.39, 0.29) is 5.91 Å². The first kappa shape index (κ1) is 29.1. The third-order valence-electron chi connectivity index (χ3n) is 9.22. The highest BCUT2D eigenvalue weighted by Gasteiger charge is 2.39. The maximum Gasteiger partial charge on any atom is 0.253 e. The normalized spacial score (nSPS) is 20.2. The van der Waals surface area contributed by atoms with E-state index in [0.29, 0.717) is 29.2 Å². The van der Waals surface area contributed by atoms with Crippen molar-refractivity contribution in [1.29, 1.82) is 0 Å². The lowest BCUT2D eigenvalue weighted by molar-refractivity contribution is 0.0952. The van der Waals surface area contributed by atoms with E-state index in [1.54, 1.807) is 7.11 Å². The summed E-state index contributed by atoms with van der Waals surface area (Å²) in [5.74, 6) is 1.51. The number of aromatic nitrogens is 1. The van der Waals surface area contributed by atoms with Gasteiger partial charge in [-0.05, 0) is 92.3 Å². The van der Waals surface area contributed by atoms with Crippen LogP contribution in [0, 0.1) is 5.92 Å². The fraction of sp³-hybridized carbons (Fsp3) is 0.400. The summed E-state index contributed by atoms with van der Waals surface area (Å²) in [5, 5.41) is 5.47. The molecule has 6 rings (SSSR count). The zero-order valence-corrected chi connectivity index (χ0v) is 25.7. The number of halogens is 2. The Hall–Kier alpha value is -2.99. The molecule has 2 aliphatic heterocycles. The Morgan fingerprint density at radius 2 is 1.69 bits per heavy atom. The number of aryl methyl sites for hydroxylation is 2. The van der Waals surface area contributed by atoms with Crippen molar-refractivity contribution in [2.75, 3.05) is 13.7 Å². The number of carbonyl (C=O) groups is 1. The Bertz CT molecular complexity index is 1520. The molecule has 42 heavy (non-hydrogen) atoms. The molecule has 2 bridgehead atoms. The lowest BCUT2D eigenvalue weighted by Gasteiger charge is -2.39. The van der Waals surface area contributed by atoms with Crippen LogP contribution in [0.2, 0.25) is 10.0 Å². The summed E-state index contributed by atoms with van der Waals surface area (Å²) in [6, 6.07) is 23.3. The van der Waals surface area contributed by atoms with Crippen LogP contribution >= 0.6 is 23.2 Å². The molecule has 0 spiro atoms. The van der Waals surface area contributed by atoms with Gasteiger partial charge >= 0.3 is 0 Å². The van der Waals surface area contributed by atoms with E-state index in [2.05, 4.69) is 26.9 Å². The van der Waals surface area contributed by atoms with Gasteiger partial charge in [0.05, 0.1) is 18.2 Å². The van der Waals surface area contributed by atoms with Crippen LogP contribution in [-0.4, -0.2) is 41.1 Å². The molecule has 220 valence electrons. The largest absolute Gasteiger partial charge is 0.495 e. The number of benzene rings is 3. The Morgan fingerprint density at radius 1 is 0.929 bits per heavy atom. The molecule has 0 saturated carbocycles. The molecule has 4 aromatic rings. The molecule has 7 heteroatoms. The van der Waals surface area contributed by atoms with Gasteiger partial charge in [-0.15, -0.1) is 0 Å². The summed E-state index contributed by atoms with van der Waals surface area (Å²) < 4.78 is 7.94. The standard InChI is InChI=1S/C35H39Cl2N3O2/c1-42-33-8-3-7-31-32(35(41)38-22-26-5-2-6-28(37)19-26)23-39(34(31)33)17-4-18-40-29-15-16-30(40)21-25(20-29)10-9-24-11-13-27(36)14-12-24/h2-3,5-8,11-14,19,23,25,29-30H,4,9-10,15-18,20-22H2,1H3,(H,38,41). The van der Waals surface area contributed by atoms with Crippen LogP contribution in [-0.2, 0) is 19.5 Å². The minimum absolute atomic E-state index is 0.0919. The van der Waals surface area contributed by atoms with Crippen molar-refractivity contribution in [1.82, 2.24) is 14.8 Å². The predicted molar refractivity (Wildman–Crippen MR) is 172 cm³/mol. The lowest BCUT2D eigenvalue weighted by Crippen LogP contribution is -2.43. The fourth-order valence-corrected chi connectivity index (χ4v) is 7.54. The first-order valence-corrected chi connectivity index (χ1v) is 15.9. The van der Waals surface area contributed by atoms with Gasteiger partial charge in [0.2, 0.25) is 0 Å². The number of amides is 1. The van der Waals surface area contributed by atoms with Crippen molar-refractivity contribution < 1.29 is 9.53 Å². The summed E-state index contributed by atoms with van der Waals surface area (Å²) in [6.45, 7) is 2.35. The van der Waals surface area contributed by atoms with Crippen LogP contribution in [0.5, 0.6) is 5.75 Å². The van der Waals surface area contributed by atoms with Gasteiger partial charge in [0.25, 0.3) is 5.91 Å². The van der Waals surface area contributed by atoms with Crippen molar-refractivity contribution in [3.63, 3.8) is 0 Å². The van der Waals surface area contributed by atoms with E-state index in [4.69, 9.17) is 27.9 Å². The highest BCUT2D eigenvalue weighted by Crippen LogP contribution is 2.40. The quantitative estimate of drug-likeness (QED) is 0.188. The smallest absolute Gasteiger partial charge is 0.253 e. The number of nitrogens with one attached hydrogen (secondary N) is 1. The SMILES string of the molecule is COc1cccc2c(C(=O)NCc3cccc(Cl)c3)cn(CCCN3C4CCC3CC(CCc3ccc(Cl)cc3)C4)c12. The number of fused-ring (bicyclic) bond motifs is 3. The molecule has 2 atom stereocenters. The molecule has 2 unspecified atom stereocenters. The summed E-state index contributed by atoms with van der Waals surface area (Å²) in [6.07, 6.45) is 10.7. The molecule has 2 saturated heterocycles.